The minimum atomic E-state index is -3.08. The second kappa shape index (κ2) is 7.00. The minimum absolute atomic E-state index is 0.00423. The van der Waals surface area contributed by atoms with E-state index in [9.17, 15) is 17.6 Å². The lowest BCUT2D eigenvalue weighted by atomic mass is 10.2. The highest BCUT2D eigenvalue weighted by atomic mass is 32.2. The zero-order valence-electron chi connectivity index (χ0n) is 13.9. The number of hydrogen-bond acceptors (Lipinski definition) is 4. The molecule has 134 valence electrons. The maximum Gasteiger partial charge on any atom is 0.222 e. The Morgan fingerprint density at radius 1 is 1.24 bits per heavy atom. The lowest BCUT2D eigenvalue weighted by Gasteiger charge is -2.27. The monoisotopic (exact) mass is 365 g/mol. The van der Waals surface area contributed by atoms with Crippen LogP contribution in [0.4, 0.5) is 4.39 Å². The Morgan fingerprint density at radius 2 is 1.96 bits per heavy atom. The number of benzene rings is 1. The Hall–Kier alpha value is -2.15. The van der Waals surface area contributed by atoms with Crippen LogP contribution in [0.3, 0.4) is 0 Å². The molecular formula is C18H20FNO4S. The second-order valence-corrected chi connectivity index (χ2v) is 8.43. The first-order chi connectivity index (χ1) is 11.9. The molecule has 0 bridgehead atoms. The lowest BCUT2D eigenvalue weighted by Crippen LogP contribution is -2.40. The third-order valence-corrected chi connectivity index (χ3v) is 6.14. The quantitative estimate of drug-likeness (QED) is 0.817. The van der Waals surface area contributed by atoms with E-state index in [0.717, 1.165) is 5.56 Å². The van der Waals surface area contributed by atoms with E-state index in [4.69, 9.17) is 4.42 Å². The molecule has 1 aliphatic heterocycles. The molecule has 1 aromatic carbocycles. The lowest BCUT2D eigenvalue weighted by molar-refractivity contribution is -0.133. The van der Waals surface area contributed by atoms with E-state index in [-0.39, 0.29) is 35.8 Å². The molecule has 1 amide bonds. The van der Waals surface area contributed by atoms with Crippen molar-refractivity contribution in [2.75, 3.05) is 11.5 Å². The van der Waals surface area contributed by atoms with Crippen LogP contribution in [-0.2, 0) is 21.2 Å². The average Bonchev–Trinajstić information content (AvgIpc) is 3.19. The molecule has 2 heterocycles. The molecule has 25 heavy (non-hydrogen) atoms. The third kappa shape index (κ3) is 4.10. The summed E-state index contributed by atoms with van der Waals surface area (Å²) < 4.78 is 42.3. The number of nitrogens with zero attached hydrogens (tertiary/aromatic N) is 1. The van der Waals surface area contributed by atoms with Crippen molar-refractivity contribution in [3.05, 3.63) is 48.0 Å². The van der Waals surface area contributed by atoms with Crippen molar-refractivity contribution in [2.24, 2.45) is 0 Å². The molecule has 5 nitrogen and oxygen atoms in total. The van der Waals surface area contributed by atoms with Gasteiger partial charge in [-0.1, -0.05) is 6.92 Å². The van der Waals surface area contributed by atoms with Gasteiger partial charge in [-0.25, -0.2) is 12.8 Å². The van der Waals surface area contributed by atoms with Gasteiger partial charge in [0.1, 0.15) is 17.3 Å². The van der Waals surface area contributed by atoms with E-state index in [1.807, 2.05) is 0 Å². The minimum Gasteiger partial charge on any atom is -0.459 e. The van der Waals surface area contributed by atoms with Crippen LogP contribution in [0.15, 0.2) is 40.8 Å². The molecular weight excluding hydrogens is 345 g/mol. The van der Waals surface area contributed by atoms with Crippen LogP contribution in [0, 0.1) is 5.82 Å². The molecule has 7 heteroatoms. The van der Waals surface area contributed by atoms with Crippen molar-refractivity contribution in [1.29, 1.82) is 0 Å². The summed E-state index contributed by atoms with van der Waals surface area (Å²) in [5.74, 6) is 0.858. The van der Waals surface area contributed by atoms with Crippen molar-refractivity contribution >= 4 is 15.7 Å². The zero-order chi connectivity index (χ0) is 18.0. The van der Waals surface area contributed by atoms with E-state index in [1.165, 1.54) is 12.1 Å². The summed E-state index contributed by atoms with van der Waals surface area (Å²) in [6.45, 7) is 1.99. The fraction of sp³-hybridized carbons (Fsp3) is 0.389. The third-order valence-electron chi connectivity index (χ3n) is 4.39. The Kier molecular flexibility index (Phi) is 4.94. The van der Waals surface area contributed by atoms with E-state index in [2.05, 4.69) is 0 Å². The van der Waals surface area contributed by atoms with Crippen LogP contribution in [0.25, 0.3) is 11.3 Å². The van der Waals surface area contributed by atoms with E-state index in [0.29, 0.717) is 24.4 Å². The summed E-state index contributed by atoms with van der Waals surface area (Å²) >= 11 is 0. The molecule has 1 aromatic heterocycles. The maximum atomic E-state index is 13.0. The molecule has 1 fully saturated rings. The average molecular weight is 365 g/mol. The molecule has 0 aliphatic carbocycles. The SMILES string of the molecule is CCC(=O)N(Cc1ccc(-c2ccc(F)cc2)o1)[C@H]1CCS(=O)(=O)C1. The summed E-state index contributed by atoms with van der Waals surface area (Å²) in [4.78, 5) is 13.9. The van der Waals surface area contributed by atoms with Gasteiger partial charge in [0.15, 0.2) is 9.84 Å². The number of carbonyl (C=O) groups excluding carboxylic acids is 1. The van der Waals surface area contributed by atoms with Gasteiger partial charge < -0.3 is 9.32 Å². The number of halogens is 1. The largest absolute Gasteiger partial charge is 0.459 e. The standard InChI is InChI=1S/C18H20FNO4S/c1-2-18(21)20(15-9-10-25(22,23)12-15)11-16-7-8-17(24-16)13-3-5-14(19)6-4-13/h3-8,15H,2,9-12H2,1H3/t15-/m0/s1. The molecule has 0 N–H and O–H groups in total. The van der Waals surface area contributed by atoms with Gasteiger partial charge in [0, 0.05) is 18.0 Å². The molecule has 3 rings (SSSR count). The van der Waals surface area contributed by atoms with Gasteiger partial charge in [-0.3, -0.25) is 4.79 Å². The fourth-order valence-corrected chi connectivity index (χ4v) is 4.78. The smallest absolute Gasteiger partial charge is 0.222 e. The normalized spacial score (nSPS) is 19.0. The highest BCUT2D eigenvalue weighted by Gasteiger charge is 2.34. The number of hydrogen-bond donors (Lipinski definition) is 0. The zero-order valence-corrected chi connectivity index (χ0v) is 14.8. The summed E-state index contributed by atoms with van der Waals surface area (Å²) in [7, 11) is -3.08. The van der Waals surface area contributed by atoms with Crippen molar-refractivity contribution in [3.63, 3.8) is 0 Å². The van der Waals surface area contributed by atoms with Gasteiger partial charge in [-0.15, -0.1) is 0 Å². The van der Waals surface area contributed by atoms with Gasteiger partial charge in [-0.2, -0.15) is 0 Å². The van der Waals surface area contributed by atoms with Crippen molar-refractivity contribution in [3.8, 4) is 11.3 Å². The van der Waals surface area contributed by atoms with Gasteiger partial charge in [-0.05, 0) is 42.8 Å². The Labute approximate surface area is 146 Å². The van der Waals surface area contributed by atoms with Crippen LogP contribution < -0.4 is 0 Å². The Balaban J connectivity index is 1.78. The highest BCUT2D eigenvalue weighted by Crippen LogP contribution is 2.25. The van der Waals surface area contributed by atoms with Gasteiger partial charge in [0.2, 0.25) is 5.91 Å². The van der Waals surface area contributed by atoms with Gasteiger partial charge in [0.05, 0.1) is 18.1 Å². The molecule has 1 saturated heterocycles. The molecule has 1 aliphatic rings. The van der Waals surface area contributed by atoms with Crippen LogP contribution in [0.5, 0.6) is 0 Å². The van der Waals surface area contributed by atoms with Crippen molar-refractivity contribution < 1.29 is 22.0 Å². The van der Waals surface area contributed by atoms with Crippen molar-refractivity contribution in [2.45, 2.75) is 32.4 Å². The topological polar surface area (TPSA) is 67.6 Å². The van der Waals surface area contributed by atoms with Crippen LogP contribution in [0.1, 0.15) is 25.5 Å². The predicted octanol–water partition coefficient (Wildman–Crippen LogP) is 3.01. The van der Waals surface area contributed by atoms with E-state index < -0.39 is 9.84 Å². The Bertz CT molecular complexity index is 857. The molecule has 1 atom stereocenters. The van der Waals surface area contributed by atoms with Crippen LogP contribution >= 0.6 is 0 Å². The number of sulfone groups is 1. The molecule has 2 aromatic rings. The Morgan fingerprint density at radius 3 is 2.56 bits per heavy atom. The first kappa shape index (κ1) is 17.7. The predicted molar refractivity (Wildman–Crippen MR) is 92.0 cm³/mol. The summed E-state index contributed by atoms with van der Waals surface area (Å²) in [6, 6.07) is 9.17. The van der Waals surface area contributed by atoms with Gasteiger partial charge >= 0.3 is 0 Å². The molecule has 0 spiro atoms. The number of carbonyl (C=O) groups is 1. The van der Waals surface area contributed by atoms with Crippen molar-refractivity contribution in [1.82, 2.24) is 4.90 Å². The molecule has 0 saturated carbocycles. The summed E-state index contributed by atoms with van der Waals surface area (Å²) in [5.41, 5.74) is 0.740. The van der Waals surface area contributed by atoms with E-state index in [1.54, 1.807) is 36.1 Å². The molecule has 0 unspecified atom stereocenters. The first-order valence-electron chi connectivity index (χ1n) is 8.22. The number of furan rings is 1. The fourth-order valence-electron chi connectivity index (χ4n) is 3.05. The van der Waals surface area contributed by atoms with Crippen LogP contribution in [0.2, 0.25) is 0 Å². The summed E-state index contributed by atoms with van der Waals surface area (Å²) in [5, 5.41) is 0. The highest BCUT2D eigenvalue weighted by molar-refractivity contribution is 7.91. The summed E-state index contributed by atoms with van der Waals surface area (Å²) in [6.07, 6.45) is 0.766. The second-order valence-electron chi connectivity index (χ2n) is 6.20. The van der Waals surface area contributed by atoms with Crippen LogP contribution in [-0.4, -0.2) is 36.8 Å². The molecule has 0 radical (unpaired) electrons. The maximum absolute atomic E-state index is 13.0. The van der Waals surface area contributed by atoms with E-state index >= 15 is 0 Å². The van der Waals surface area contributed by atoms with Gasteiger partial charge in [0.25, 0.3) is 0 Å². The number of amides is 1. The number of rotatable bonds is 5. The first-order valence-corrected chi connectivity index (χ1v) is 10.0.